The monoisotopic (exact) mass is 224 g/mol. The van der Waals surface area contributed by atoms with Gasteiger partial charge in [-0.3, -0.25) is 0 Å². The van der Waals surface area contributed by atoms with Crippen LogP contribution in [0.4, 0.5) is 17.6 Å². The molecule has 1 aliphatic carbocycles. The number of aromatic nitrogens is 2. The number of aliphatic hydroxyl groups is 1. The Hall–Kier alpha value is -1.60. The van der Waals surface area contributed by atoms with Gasteiger partial charge in [0, 0.05) is 18.0 Å². The summed E-state index contributed by atoms with van der Waals surface area (Å²) in [4.78, 5) is 7.90. The average Bonchev–Trinajstić information content (AvgIpc) is 3.06. The van der Waals surface area contributed by atoms with Gasteiger partial charge in [0.1, 0.15) is 11.6 Å². The van der Waals surface area contributed by atoms with Crippen molar-refractivity contribution in [3.63, 3.8) is 0 Å². The van der Waals surface area contributed by atoms with E-state index in [9.17, 15) is 0 Å². The van der Waals surface area contributed by atoms with Crippen molar-refractivity contribution in [3.05, 3.63) is 6.07 Å². The lowest BCUT2D eigenvalue weighted by Gasteiger charge is -2.13. The number of anilines is 3. The third-order valence-corrected chi connectivity index (χ3v) is 2.83. The van der Waals surface area contributed by atoms with Gasteiger partial charge in [-0.2, -0.15) is 9.97 Å². The third kappa shape index (κ3) is 2.31. The number of nitrogens with one attached hydrogen (secondary N) is 2. The molecular weight excluding hydrogens is 208 g/mol. The summed E-state index contributed by atoms with van der Waals surface area (Å²) in [6.07, 6.45) is 2.08. The van der Waals surface area contributed by atoms with E-state index in [1.807, 2.05) is 0 Å². The molecule has 7 nitrogen and oxygen atoms in total. The van der Waals surface area contributed by atoms with E-state index >= 15 is 0 Å². The van der Waals surface area contributed by atoms with E-state index < -0.39 is 0 Å². The first kappa shape index (κ1) is 10.9. The summed E-state index contributed by atoms with van der Waals surface area (Å²) in [6.45, 7) is 0.881. The molecule has 88 valence electrons. The second-order valence-electron chi connectivity index (χ2n) is 4.15. The van der Waals surface area contributed by atoms with Crippen molar-refractivity contribution in [2.24, 2.45) is 11.3 Å². The summed E-state index contributed by atoms with van der Waals surface area (Å²) in [5.74, 6) is 6.48. The van der Waals surface area contributed by atoms with Gasteiger partial charge < -0.3 is 21.6 Å². The standard InChI is InChI=1S/C9H16N6O/c10-8-13-6(3-7(14-8)15-11)12-4-9(5-16)1-2-9/h3,16H,1-2,4-5,11H2,(H4,10,12,13,14,15). The molecule has 7 N–H and O–H groups in total. The zero-order valence-electron chi connectivity index (χ0n) is 8.90. The minimum atomic E-state index is 0.0238. The fourth-order valence-corrected chi connectivity index (χ4v) is 1.48. The van der Waals surface area contributed by atoms with Crippen LogP contribution < -0.4 is 22.3 Å². The van der Waals surface area contributed by atoms with Crippen LogP contribution in [0.1, 0.15) is 12.8 Å². The molecule has 1 fully saturated rings. The minimum absolute atomic E-state index is 0.0238. The molecule has 1 saturated carbocycles. The number of nitrogen functional groups attached to an aromatic ring is 2. The van der Waals surface area contributed by atoms with Gasteiger partial charge in [-0.15, -0.1) is 0 Å². The van der Waals surface area contributed by atoms with Crippen LogP contribution in [0.15, 0.2) is 6.07 Å². The first-order valence-electron chi connectivity index (χ1n) is 5.13. The Labute approximate surface area is 93.2 Å². The molecule has 0 saturated heterocycles. The van der Waals surface area contributed by atoms with Gasteiger partial charge in [-0.25, -0.2) is 5.84 Å². The number of hydrazine groups is 1. The lowest BCUT2D eigenvalue weighted by atomic mass is 10.1. The van der Waals surface area contributed by atoms with Gasteiger partial charge in [0.05, 0.1) is 6.61 Å². The summed E-state index contributed by atoms with van der Waals surface area (Å²) < 4.78 is 0. The molecule has 0 aromatic carbocycles. The Morgan fingerprint density at radius 3 is 2.62 bits per heavy atom. The smallest absolute Gasteiger partial charge is 0.223 e. The van der Waals surface area contributed by atoms with Crippen molar-refractivity contribution in [2.45, 2.75) is 12.8 Å². The van der Waals surface area contributed by atoms with Crippen LogP contribution in [-0.4, -0.2) is 28.2 Å². The highest BCUT2D eigenvalue weighted by molar-refractivity contribution is 5.50. The predicted molar refractivity (Wildman–Crippen MR) is 61.5 cm³/mol. The molecule has 1 aliphatic rings. The van der Waals surface area contributed by atoms with Crippen LogP contribution in [0.2, 0.25) is 0 Å². The maximum atomic E-state index is 9.16. The molecule has 16 heavy (non-hydrogen) atoms. The van der Waals surface area contributed by atoms with Crippen LogP contribution >= 0.6 is 0 Å². The maximum Gasteiger partial charge on any atom is 0.223 e. The van der Waals surface area contributed by atoms with E-state index in [4.69, 9.17) is 16.7 Å². The fourth-order valence-electron chi connectivity index (χ4n) is 1.48. The lowest BCUT2D eigenvalue weighted by Crippen LogP contribution is -2.20. The van der Waals surface area contributed by atoms with Crippen LogP contribution in [-0.2, 0) is 0 Å². The van der Waals surface area contributed by atoms with Gasteiger partial charge >= 0.3 is 0 Å². The maximum absolute atomic E-state index is 9.16. The zero-order valence-corrected chi connectivity index (χ0v) is 8.90. The number of nitrogens with two attached hydrogens (primary N) is 2. The molecule has 0 unspecified atom stereocenters. The topological polar surface area (TPSA) is 122 Å². The van der Waals surface area contributed by atoms with Gasteiger partial charge in [0.2, 0.25) is 5.95 Å². The first-order chi connectivity index (χ1) is 7.67. The quantitative estimate of drug-likeness (QED) is 0.338. The molecule has 1 aromatic rings. The van der Waals surface area contributed by atoms with E-state index in [0.717, 1.165) is 12.8 Å². The average molecular weight is 224 g/mol. The lowest BCUT2D eigenvalue weighted by molar-refractivity contribution is 0.219. The summed E-state index contributed by atoms with van der Waals surface area (Å²) in [7, 11) is 0. The largest absolute Gasteiger partial charge is 0.396 e. The molecule has 0 spiro atoms. The molecule has 0 aliphatic heterocycles. The van der Waals surface area contributed by atoms with Crippen LogP contribution in [0, 0.1) is 5.41 Å². The number of rotatable bonds is 5. The van der Waals surface area contributed by atoms with Crippen molar-refractivity contribution < 1.29 is 5.11 Å². The van der Waals surface area contributed by atoms with Gasteiger partial charge in [-0.05, 0) is 12.8 Å². The Bertz CT molecular complexity index is 378. The number of nitrogens with zero attached hydrogens (tertiary/aromatic N) is 2. The predicted octanol–water partition coefficient (Wildman–Crippen LogP) is -0.471. The molecule has 0 bridgehead atoms. The minimum Gasteiger partial charge on any atom is -0.396 e. The van der Waals surface area contributed by atoms with E-state index in [-0.39, 0.29) is 18.0 Å². The Balaban J connectivity index is 2.01. The summed E-state index contributed by atoms with van der Waals surface area (Å²) in [6, 6.07) is 1.67. The molecule has 0 atom stereocenters. The molecule has 0 radical (unpaired) electrons. The molecular formula is C9H16N6O. The fraction of sp³-hybridized carbons (Fsp3) is 0.556. The van der Waals surface area contributed by atoms with Crippen molar-refractivity contribution in [1.82, 2.24) is 9.97 Å². The van der Waals surface area contributed by atoms with E-state index in [0.29, 0.717) is 18.2 Å². The normalized spacial score (nSPS) is 16.9. The second-order valence-corrected chi connectivity index (χ2v) is 4.15. The number of hydrogen-bond acceptors (Lipinski definition) is 7. The number of aliphatic hydroxyl groups excluding tert-OH is 1. The van der Waals surface area contributed by atoms with Crippen molar-refractivity contribution >= 4 is 17.6 Å². The third-order valence-electron chi connectivity index (χ3n) is 2.83. The highest BCUT2D eigenvalue weighted by atomic mass is 16.3. The number of hydrogen-bond donors (Lipinski definition) is 5. The zero-order chi connectivity index (χ0) is 11.6. The Morgan fingerprint density at radius 2 is 2.06 bits per heavy atom. The molecule has 0 amide bonds. The Morgan fingerprint density at radius 1 is 1.38 bits per heavy atom. The molecule has 7 heteroatoms. The van der Waals surface area contributed by atoms with Crippen molar-refractivity contribution in [3.8, 4) is 0 Å². The van der Waals surface area contributed by atoms with E-state index in [2.05, 4.69) is 20.7 Å². The van der Waals surface area contributed by atoms with Gasteiger partial charge in [-0.1, -0.05) is 0 Å². The van der Waals surface area contributed by atoms with Gasteiger partial charge in [0.25, 0.3) is 0 Å². The summed E-state index contributed by atoms with van der Waals surface area (Å²) in [5, 5.41) is 12.3. The van der Waals surface area contributed by atoms with Crippen molar-refractivity contribution in [1.29, 1.82) is 0 Å². The summed E-state index contributed by atoms with van der Waals surface area (Å²) in [5.41, 5.74) is 7.95. The van der Waals surface area contributed by atoms with Crippen LogP contribution in [0.3, 0.4) is 0 Å². The second kappa shape index (κ2) is 4.11. The highest BCUT2D eigenvalue weighted by Gasteiger charge is 2.41. The molecule has 1 aromatic heterocycles. The molecule has 2 rings (SSSR count). The van der Waals surface area contributed by atoms with E-state index in [1.54, 1.807) is 6.07 Å². The first-order valence-corrected chi connectivity index (χ1v) is 5.13. The Kier molecular flexibility index (Phi) is 2.80. The van der Waals surface area contributed by atoms with Crippen molar-refractivity contribution in [2.75, 3.05) is 29.6 Å². The SMILES string of the molecule is NNc1cc(NCC2(CO)CC2)nc(N)n1. The van der Waals surface area contributed by atoms with Gasteiger partial charge in [0.15, 0.2) is 0 Å². The highest BCUT2D eigenvalue weighted by Crippen LogP contribution is 2.44. The summed E-state index contributed by atoms with van der Waals surface area (Å²) >= 11 is 0. The molecule has 1 heterocycles. The van der Waals surface area contributed by atoms with Crippen LogP contribution in [0.25, 0.3) is 0 Å². The van der Waals surface area contributed by atoms with E-state index in [1.165, 1.54) is 0 Å². The van der Waals surface area contributed by atoms with Crippen LogP contribution in [0.5, 0.6) is 0 Å².